The van der Waals surface area contributed by atoms with Crippen molar-refractivity contribution in [3.8, 4) is 28.4 Å². The lowest BCUT2D eigenvalue weighted by Gasteiger charge is -2.34. The second-order valence-corrected chi connectivity index (χ2v) is 9.13. The van der Waals surface area contributed by atoms with Crippen LogP contribution in [0.4, 0.5) is 0 Å². The second kappa shape index (κ2) is 8.41. The summed E-state index contributed by atoms with van der Waals surface area (Å²) in [6.07, 6.45) is 7.70. The fraction of sp³-hybridized carbons (Fsp3) is 0.280. The van der Waals surface area contributed by atoms with Crippen LogP contribution in [0.25, 0.3) is 16.9 Å². The molecule has 6 nitrogen and oxygen atoms in total. The molecular weight excluding hydrogens is 420 g/mol. The molecule has 0 N–H and O–H groups in total. The third-order valence-corrected chi connectivity index (χ3v) is 7.06. The summed E-state index contributed by atoms with van der Waals surface area (Å²) in [4.78, 5) is 7.19. The molecule has 2 aliphatic rings. The predicted octanol–water partition coefficient (Wildman–Crippen LogP) is 5.45. The molecule has 0 unspecified atom stereocenters. The molecule has 0 radical (unpaired) electrons. The lowest BCUT2D eigenvalue weighted by Crippen LogP contribution is -2.32. The maximum absolute atomic E-state index is 5.63. The summed E-state index contributed by atoms with van der Waals surface area (Å²) in [5.41, 5.74) is 4.28. The molecule has 2 aliphatic heterocycles. The maximum Gasteiger partial charge on any atom is 0.231 e. The zero-order valence-electron chi connectivity index (χ0n) is 17.7. The Morgan fingerprint density at radius 1 is 1.03 bits per heavy atom. The highest BCUT2D eigenvalue weighted by molar-refractivity contribution is 7.09. The van der Waals surface area contributed by atoms with Crippen LogP contribution in [-0.4, -0.2) is 33.0 Å². The molecule has 0 amide bonds. The van der Waals surface area contributed by atoms with E-state index in [0.29, 0.717) is 6.04 Å². The summed E-state index contributed by atoms with van der Waals surface area (Å²) < 4.78 is 13.1. The molecule has 6 rings (SSSR count). The molecular formula is C25H24N4O2S. The summed E-state index contributed by atoms with van der Waals surface area (Å²) in [5.74, 6) is 1.57. The molecule has 0 bridgehead atoms. The fourth-order valence-corrected chi connectivity index (χ4v) is 5.41. The molecule has 0 aliphatic carbocycles. The van der Waals surface area contributed by atoms with E-state index in [1.165, 1.54) is 23.4 Å². The molecule has 0 saturated carbocycles. The van der Waals surface area contributed by atoms with Gasteiger partial charge in [0.1, 0.15) is 5.01 Å². The van der Waals surface area contributed by atoms with Crippen molar-refractivity contribution in [2.45, 2.75) is 31.8 Å². The lowest BCUT2D eigenvalue weighted by atomic mass is 10.0. The molecule has 0 spiro atoms. The van der Waals surface area contributed by atoms with Gasteiger partial charge in [0.2, 0.25) is 6.79 Å². The highest BCUT2D eigenvalue weighted by atomic mass is 32.1. The van der Waals surface area contributed by atoms with E-state index in [0.717, 1.165) is 48.0 Å². The summed E-state index contributed by atoms with van der Waals surface area (Å²) in [5, 5.41) is 8.30. The minimum atomic E-state index is 0.271. The van der Waals surface area contributed by atoms with Gasteiger partial charge in [0, 0.05) is 35.4 Å². The van der Waals surface area contributed by atoms with Crippen molar-refractivity contribution in [1.29, 1.82) is 0 Å². The van der Waals surface area contributed by atoms with Gasteiger partial charge in [-0.25, -0.2) is 9.67 Å². The number of thiazole rings is 1. The van der Waals surface area contributed by atoms with Gasteiger partial charge in [0.25, 0.3) is 0 Å². The molecule has 4 aromatic rings. The van der Waals surface area contributed by atoms with E-state index < -0.39 is 0 Å². The Morgan fingerprint density at radius 2 is 1.94 bits per heavy atom. The van der Waals surface area contributed by atoms with Gasteiger partial charge in [0.05, 0.1) is 17.4 Å². The van der Waals surface area contributed by atoms with Crippen molar-refractivity contribution in [3.05, 3.63) is 76.9 Å². The Kier molecular flexibility index (Phi) is 5.13. The van der Waals surface area contributed by atoms with Crippen molar-refractivity contribution in [2.24, 2.45) is 0 Å². The van der Waals surface area contributed by atoms with Crippen molar-refractivity contribution in [3.63, 3.8) is 0 Å². The Labute approximate surface area is 191 Å². The third kappa shape index (κ3) is 3.67. The number of ether oxygens (including phenoxy) is 2. The first-order valence-electron chi connectivity index (χ1n) is 11.0. The molecule has 7 heteroatoms. The van der Waals surface area contributed by atoms with Gasteiger partial charge in [0.15, 0.2) is 11.5 Å². The molecule has 2 aromatic heterocycles. The summed E-state index contributed by atoms with van der Waals surface area (Å²) in [6, 6.07) is 16.7. The number of hydrogen-bond acceptors (Lipinski definition) is 6. The first-order chi connectivity index (χ1) is 15.8. The van der Waals surface area contributed by atoms with Gasteiger partial charge < -0.3 is 9.47 Å². The Bertz CT molecular complexity index is 1210. The van der Waals surface area contributed by atoms with Crippen LogP contribution in [0.5, 0.6) is 11.5 Å². The van der Waals surface area contributed by atoms with Gasteiger partial charge in [-0.05, 0) is 49.7 Å². The Morgan fingerprint density at radius 3 is 2.81 bits per heavy atom. The van der Waals surface area contributed by atoms with E-state index >= 15 is 0 Å². The minimum absolute atomic E-state index is 0.271. The Balaban J connectivity index is 1.39. The average molecular weight is 445 g/mol. The Hall–Kier alpha value is -3.16. The number of nitrogens with zero attached hydrogens (tertiary/aromatic N) is 4. The lowest BCUT2D eigenvalue weighted by molar-refractivity contribution is 0.140. The van der Waals surface area contributed by atoms with Crippen LogP contribution in [0.1, 0.15) is 35.9 Å². The third-order valence-electron chi connectivity index (χ3n) is 6.18. The smallest absolute Gasteiger partial charge is 0.231 e. The normalized spacial score (nSPS) is 18.2. The van der Waals surface area contributed by atoms with Crippen LogP contribution in [0.15, 0.2) is 66.3 Å². The predicted molar refractivity (Wildman–Crippen MR) is 124 cm³/mol. The molecule has 1 atom stereocenters. The monoisotopic (exact) mass is 444 g/mol. The number of piperidine rings is 1. The summed E-state index contributed by atoms with van der Waals surface area (Å²) >= 11 is 1.76. The van der Waals surface area contributed by atoms with Gasteiger partial charge in [-0.1, -0.05) is 24.6 Å². The van der Waals surface area contributed by atoms with E-state index in [4.69, 9.17) is 14.6 Å². The van der Waals surface area contributed by atoms with Crippen molar-refractivity contribution in [1.82, 2.24) is 19.7 Å². The van der Waals surface area contributed by atoms with Crippen LogP contribution in [0.3, 0.4) is 0 Å². The van der Waals surface area contributed by atoms with E-state index in [-0.39, 0.29) is 6.79 Å². The van der Waals surface area contributed by atoms with E-state index in [1.54, 1.807) is 11.3 Å². The van der Waals surface area contributed by atoms with Crippen LogP contribution in [0, 0.1) is 0 Å². The van der Waals surface area contributed by atoms with Crippen LogP contribution in [0.2, 0.25) is 0 Å². The number of likely N-dealkylation sites (tertiary alicyclic amines) is 1. The van der Waals surface area contributed by atoms with Crippen LogP contribution < -0.4 is 9.47 Å². The molecule has 1 fully saturated rings. The number of aromatic nitrogens is 3. The van der Waals surface area contributed by atoms with Gasteiger partial charge in [-0.15, -0.1) is 11.3 Å². The van der Waals surface area contributed by atoms with Crippen LogP contribution in [-0.2, 0) is 6.54 Å². The van der Waals surface area contributed by atoms with Gasteiger partial charge in [-0.2, -0.15) is 5.10 Å². The quantitative estimate of drug-likeness (QED) is 0.410. The first kappa shape index (κ1) is 19.5. The summed E-state index contributed by atoms with van der Waals surface area (Å²) in [6.45, 7) is 2.18. The topological polar surface area (TPSA) is 52.4 Å². The zero-order chi connectivity index (χ0) is 21.3. The van der Waals surface area contributed by atoms with E-state index in [2.05, 4.69) is 39.7 Å². The first-order valence-corrected chi connectivity index (χ1v) is 11.9. The van der Waals surface area contributed by atoms with Gasteiger partial charge in [-0.3, -0.25) is 4.90 Å². The van der Waals surface area contributed by atoms with Crippen molar-refractivity contribution in [2.75, 3.05) is 13.3 Å². The number of para-hydroxylation sites is 1. The number of fused-ring (bicyclic) bond motifs is 1. The van der Waals surface area contributed by atoms with E-state index in [9.17, 15) is 0 Å². The SMILES string of the molecule is c1ccc(-n2cc(CN3CCCC[C@@H]3c3nccs3)c(-c3ccc4c(c3)OCO4)n2)cc1. The summed E-state index contributed by atoms with van der Waals surface area (Å²) in [7, 11) is 0. The minimum Gasteiger partial charge on any atom is -0.454 e. The highest BCUT2D eigenvalue weighted by Gasteiger charge is 2.28. The largest absolute Gasteiger partial charge is 0.454 e. The molecule has 4 heterocycles. The van der Waals surface area contributed by atoms with Crippen molar-refractivity contribution >= 4 is 11.3 Å². The number of hydrogen-bond donors (Lipinski definition) is 0. The van der Waals surface area contributed by atoms with E-state index in [1.807, 2.05) is 41.2 Å². The van der Waals surface area contributed by atoms with Crippen molar-refractivity contribution < 1.29 is 9.47 Å². The fourth-order valence-electron chi connectivity index (χ4n) is 4.60. The average Bonchev–Trinajstić information content (AvgIpc) is 3.60. The maximum atomic E-state index is 5.63. The highest BCUT2D eigenvalue weighted by Crippen LogP contribution is 2.38. The second-order valence-electron chi connectivity index (χ2n) is 8.20. The molecule has 1 saturated heterocycles. The number of rotatable bonds is 5. The zero-order valence-corrected chi connectivity index (χ0v) is 18.5. The molecule has 32 heavy (non-hydrogen) atoms. The number of benzene rings is 2. The molecule has 2 aromatic carbocycles. The van der Waals surface area contributed by atoms with Crippen LogP contribution >= 0.6 is 11.3 Å². The van der Waals surface area contributed by atoms with Gasteiger partial charge >= 0.3 is 0 Å². The standard InChI is InChI=1S/C25H24N4O2S/c1-2-6-20(7-3-1)29-16-19(15-28-12-5-4-8-21(28)25-26-11-13-32-25)24(27-29)18-9-10-22-23(14-18)31-17-30-22/h1-3,6-7,9-11,13-14,16,21H,4-5,8,12,15,17H2/t21-/m1/s1. The molecule has 162 valence electrons.